The largest absolute Gasteiger partial charge is 0.493 e. The first kappa shape index (κ1) is 22.2. The second-order valence-electron chi connectivity index (χ2n) is 6.44. The normalized spacial score (nSPS) is 10.8. The molecule has 3 aromatic carbocycles. The van der Waals surface area contributed by atoms with Gasteiger partial charge >= 0.3 is 0 Å². The molecule has 0 heterocycles. The molecule has 156 valence electrons. The third-order valence-corrected chi connectivity index (χ3v) is 4.79. The summed E-state index contributed by atoms with van der Waals surface area (Å²) in [5.41, 5.74) is 1.94. The summed E-state index contributed by atoms with van der Waals surface area (Å²) >= 11 is 12.2. The minimum Gasteiger partial charge on any atom is -0.493 e. The van der Waals surface area contributed by atoms with E-state index in [2.05, 4.69) is 5.32 Å². The van der Waals surface area contributed by atoms with Gasteiger partial charge in [-0.25, -0.2) is 0 Å². The molecule has 1 N–H and O–H groups in total. The van der Waals surface area contributed by atoms with E-state index < -0.39 is 5.91 Å². The van der Waals surface area contributed by atoms with Crippen LogP contribution in [-0.2, 0) is 11.4 Å². The Hall–Kier alpha value is -3.46. The Morgan fingerprint density at radius 3 is 2.45 bits per heavy atom. The zero-order chi connectivity index (χ0) is 22.2. The number of carbonyl (C=O) groups is 1. The van der Waals surface area contributed by atoms with Gasteiger partial charge < -0.3 is 14.8 Å². The van der Waals surface area contributed by atoms with Gasteiger partial charge in [-0.2, -0.15) is 5.26 Å². The number of hydrogen-bond acceptors (Lipinski definition) is 4. The number of nitrogens with one attached hydrogen (secondary N) is 1. The summed E-state index contributed by atoms with van der Waals surface area (Å²) in [5.74, 6) is 0.226. The van der Waals surface area contributed by atoms with Crippen LogP contribution in [0, 0.1) is 11.3 Å². The molecule has 0 radical (unpaired) electrons. The molecule has 3 aromatic rings. The number of ether oxygens (including phenoxy) is 2. The number of nitrogens with zero attached hydrogens (tertiary/aromatic N) is 1. The predicted molar refractivity (Wildman–Crippen MR) is 122 cm³/mol. The zero-order valence-corrected chi connectivity index (χ0v) is 18.1. The second kappa shape index (κ2) is 10.5. The predicted octanol–water partition coefficient (Wildman–Crippen LogP) is 6.13. The molecule has 5 nitrogen and oxygen atoms in total. The highest BCUT2D eigenvalue weighted by molar-refractivity contribution is 6.32. The molecule has 0 fully saturated rings. The average Bonchev–Trinajstić information content (AvgIpc) is 2.78. The van der Waals surface area contributed by atoms with Crippen molar-refractivity contribution in [3.63, 3.8) is 0 Å². The second-order valence-corrected chi connectivity index (χ2v) is 7.28. The Kier molecular flexibility index (Phi) is 7.55. The number of nitriles is 1. The molecule has 1 amide bonds. The molecule has 0 aliphatic rings. The van der Waals surface area contributed by atoms with Crippen molar-refractivity contribution in [2.24, 2.45) is 0 Å². The van der Waals surface area contributed by atoms with Gasteiger partial charge in [0, 0.05) is 10.7 Å². The van der Waals surface area contributed by atoms with Gasteiger partial charge in [0.1, 0.15) is 18.2 Å². The highest BCUT2D eigenvalue weighted by Gasteiger charge is 2.14. The lowest BCUT2D eigenvalue weighted by Gasteiger charge is -2.13. The Morgan fingerprint density at radius 1 is 1.10 bits per heavy atom. The summed E-state index contributed by atoms with van der Waals surface area (Å²) < 4.78 is 11.2. The van der Waals surface area contributed by atoms with Gasteiger partial charge in [-0.3, -0.25) is 4.79 Å². The maximum absolute atomic E-state index is 12.5. The van der Waals surface area contributed by atoms with E-state index in [1.807, 2.05) is 36.4 Å². The van der Waals surface area contributed by atoms with Gasteiger partial charge in [0.05, 0.1) is 12.1 Å². The number of hydrogen-bond donors (Lipinski definition) is 1. The molecule has 0 aliphatic heterocycles. The van der Waals surface area contributed by atoms with E-state index in [4.69, 9.17) is 32.7 Å². The lowest BCUT2D eigenvalue weighted by atomic mass is 10.1. The van der Waals surface area contributed by atoms with Crippen LogP contribution in [0.25, 0.3) is 6.08 Å². The molecular weight excluding hydrogens is 435 g/mol. The fourth-order valence-electron chi connectivity index (χ4n) is 2.74. The van der Waals surface area contributed by atoms with E-state index in [9.17, 15) is 10.1 Å². The smallest absolute Gasteiger partial charge is 0.266 e. The fourth-order valence-corrected chi connectivity index (χ4v) is 3.14. The number of amides is 1. The van der Waals surface area contributed by atoms with E-state index in [1.54, 1.807) is 36.4 Å². The van der Waals surface area contributed by atoms with E-state index >= 15 is 0 Å². The molecule has 0 saturated carbocycles. The van der Waals surface area contributed by atoms with E-state index in [1.165, 1.54) is 13.2 Å². The van der Waals surface area contributed by atoms with Gasteiger partial charge in [-0.15, -0.1) is 0 Å². The van der Waals surface area contributed by atoms with Crippen LogP contribution in [0.2, 0.25) is 10.0 Å². The van der Waals surface area contributed by atoms with Crippen LogP contribution < -0.4 is 14.8 Å². The zero-order valence-electron chi connectivity index (χ0n) is 16.6. The highest BCUT2D eigenvalue weighted by atomic mass is 35.5. The standard InChI is InChI=1S/C24H18Cl2N2O3/c1-30-22-13-17(12-21(26)23(22)31-15-16-5-3-2-4-6-16)11-18(14-27)24(29)28-20-9-7-19(25)8-10-20/h2-13H,15H2,1H3,(H,28,29)/b18-11-. The van der Waals surface area contributed by atoms with Crippen molar-refractivity contribution in [1.82, 2.24) is 0 Å². The molecular formula is C24H18Cl2N2O3. The van der Waals surface area contributed by atoms with E-state index in [0.29, 0.717) is 39.4 Å². The van der Waals surface area contributed by atoms with Crippen LogP contribution in [0.3, 0.4) is 0 Å². The minimum absolute atomic E-state index is 0.0916. The summed E-state index contributed by atoms with van der Waals surface area (Å²) in [6, 6.07) is 21.4. The van der Waals surface area contributed by atoms with Crippen LogP contribution in [0.1, 0.15) is 11.1 Å². The summed E-state index contributed by atoms with van der Waals surface area (Å²) in [5, 5.41) is 13.0. The highest BCUT2D eigenvalue weighted by Crippen LogP contribution is 2.37. The summed E-state index contributed by atoms with van der Waals surface area (Å²) in [7, 11) is 1.49. The van der Waals surface area contributed by atoms with Crippen LogP contribution >= 0.6 is 23.2 Å². The van der Waals surface area contributed by atoms with Gasteiger partial charge in [0.25, 0.3) is 5.91 Å². The first-order valence-electron chi connectivity index (χ1n) is 9.23. The Bertz CT molecular complexity index is 1140. The molecule has 7 heteroatoms. The van der Waals surface area contributed by atoms with Crippen LogP contribution in [-0.4, -0.2) is 13.0 Å². The molecule has 0 aliphatic carbocycles. The number of benzene rings is 3. The Morgan fingerprint density at radius 2 is 1.81 bits per heavy atom. The third-order valence-electron chi connectivity index (χ3n) is 4.26. The SMILES string of the molecule is COc1cc(/C=C(/C#N)C(=O)Nc2ccc(Cl)cc2)cc(Cl)c1OCc1ccccc1. The van der Waals surface area contributed by atoms with E-state index in [-0.39, 0.29) is 5.57 Å². The van der Waals surface area contributed by atoms with Crippen molar-refractivity contribution in [2.45, 2.75) is 6.61 Å². The molecule has 0 atom stereocenters. The first-order valence-corrected chi connectivity index (χ1v) is 9.98. The van der Waals surface area contributed by atoms with Crippen molar-refractivity contribution in [3.05, 3.63) is 93.5 Å². The number of methoxy groups -OCH3 is 1. The van der Waals surface area contributed by atoms with Crippen LogP contribution in [0.5, 0.6) is 11.5 Å². The Labute approximate surface area is 190 Å². The van der Waals surface area contributed by atoms with Gasteiger partial charge in [0.15, 0.2) is 11.5 Å². The average molecular weight is 453 g/mol. The number of anilines is 1. The number of rotatable bonds is 7. The van der Waals surface area contributed by atoms with Crippen molar-refractivity contribution >= 4 is 40.9 Å². The number of carbonyl (C=O) groups excluding carboxylic acids is 1. The molecule has 0 unspecified atom stereocenters. The molecule has 0 bridgehead atoms. The summed E-state index contributed by atoms with van der Waals surface area (Å²) in [6.45, 7) is 0.319. The maximum Gasteiger partial charge on any atom is 0.266 e. The molecule has 3 rings (SSSR count). The van der Waals surface area contributed by atoms with E-state index in [0.717, 1.165) is 5.56 Å². The minimum atomic E-state index is -0.552. The quantitative estimate of drug-likeness (QED) is 0.345. The Balaban J connectivity index is 1.81. The van der Waals surface area contributed by atoms with Crippen LogP contribution in [0.15, 0.2) is 72.3 Å². The molecule has 0 spiro atoms. The van der Waals surface area contributed by atoms with Crippen LogP contribution in [0.4, 0.5) is 5.69 Å². The topological polar surface area (TPSA) is 71.3 Å². The fraction of sp³-hybridized carbons (Fsp3) is 0.0833. The molecule has 0 saturated heterocycles. The molecule has 0 aromatic heterocycles. The van der Waals surface area contributed by atoms with Gasteiger partial charge in [-0.1, -0.05) is 53.5 Å². The van der Waals surface area contributed by atoms with Crippen molar-refractivity contribution < 1.29 is 14.3 Å². The molecule has 31 heavy (non-hydrogen) atoms. The number of halogens is 2. The van der Waals surface area contributed by atoms with Gasteiger partial charge in [-0.05, 0) is 53.6 Å². The van der Waals surface area contributed by atoms with Crippen molar-refractivity contribution in [1.29, 1.82) is 5.26 Å². The third kappa shape index (κ3) is 6.02. The summed E-state index contributed by atoms with van der Waals surface area (Å²) in [4.78, 5) is 12.5. The monoisotopic (exact) mass is 452 g/mol. The lowest BCUT2D eigenvalue weighted by molar-refractivity contribution is -0.112. The first-order chi connectivity index (χ1) is 15.0. The summed E-state index contributed by atoms with van der Waals surface area (Å²) in [6.07, 6.45) is 1.43. The van der Waals surface area contributed by atoms with Gasteiger partial charge in [0.2, 0.25) is 0 Å². The maximum atomic E-state index is 12.5. The van der Waals surface area contributed by atoms with Crippen molar-refractivity contribution in [2.75, 3.05) is 12.4 Å². The van der Waals surface area contributed by atoms with Crippen molar-refractivity contribution in [3.8, 4) is 17.6 Å². The lowest BCUT2D eigenvalue weighted by Crippen LogP contribution is -2.13.